The molecule has 116 valence electrons. The molecule has 0 spiro atoms. The van der Waals surface area contributed by atoms with Gasteiger partial charge in [0.2, 0.25) is 10.0 Å². The first-order valence-corrected chi connectivity index (χ1v) is 8.71. The molecule has 3 N–H and O–H groups in total. The molecule has 1 fully saturated rings. The molecule has 5 nitrogen and oxygen atoms in total. The fourth-order valence-corrected chi connectivity index (χ4v) is 4.16. The summed E-state index contributed by atoms with van der Waals surface area (Å²) in [5, 5.41) is 9.71. The first kappa shape index (κ1) is 16.4. The van der Waals surface area contributed by atoms with Gasteiger partial charge < -0.3 is 10.8 Å². The Kier molecular flexibility index (Phi) is 4.98. The molecule has 0 saturated carbocycles. The van der Waals surface area contributed by atoms with Gasteiger partial charge in [0.05, 0.1) is 16.0 Å². The van der Waals surface area contributed by atoms with E-state index >= 15 is 0 Å². The van der Waals surface area contributed by atoms with E-state index in [9.17, 15) is 13.5 Å². The van der Waals surface area contributed by atoms with E-state index < -0.39 is 16.1 Å². The normalized spacial score (nSPS) is 23.9. The van der Waals surface area contributed by atoms with Crippen LogP contribution in [0.25, 0.3) is 0 Å². The predicted octanol–water partition coefficient (Wildman–Crippen LogP) is 0.907. The van der Waals surface area contributed by atoms with Gasteiger partial charge in [-0.25, -0.2) is 8.42 Å². The lowest BCUT2D eigenvalue weighted by atomic mass is 9.99. The molecule has 0 amide bonds. The van der Waals surface area contributed by atoms with Crippen molar-refractivity contribution in [2.24, 2.45) is 11.7 Å². The zero-order chi connectivity index (χ0) is 15.6. The van der Waals surface area contributed by atoms with E-state index in [0.717, 1.165) is 5.56 Å². The Morgan fingerprint density at radius 1 is 1.43 bits per heavy atom. The van der Waals surface area contributed by atoms with E-state index in [-0.39, 0.29) is 10.8 Å². The summed E-state index contributed by atoms with van der Waals surface area (Å²) in [6.45, 7) is 2.55. The number of aliphatic hydroxyl groups is 1. The maximum absolute atomic E-state index is 12.6. The Morgan fingerprint density at radius 3 is 2.57 bits per heavy atom. The van der Waals surface area contributed by atoms with Crippen LogP contribution in [0.1, 0.15) is 18.9 Å². The highest BCUT2D eigenvalue weighted by atomic mass is 32.2. The zero-order valence-electron chi connectivity index (χ0n) is 11.9. The Hall–Kier alpha value is -1.02. The Morgan fingerprint density at radius 2 is 2.05 bits per heavy atom. The Labute approximate surface area is 130 Å². The molecule has 1 aliphatic rings. The average Bonchev–Trinajstić information content (AvgIpc) is 2.41. The highest BCUT2D eigenvalue weighted by molar-refractivity contribution is 7.89. The zero-order valence-corrected chi connectivity index (χ0v) is 13.5. The van der Waals surface area contributed by atoms with Gasteiger partial charge in [-0.1, -0.05) is 31.3 Å². The third-order valence-electron chi connectivity index (χ3n) is 3.76. The second-order valence-electron chi connectivity index (χ2n) is 5.48. The molecule has 2 rings (SSSR count). The average molecular weight is 328 g/mol. The number of hydrogen-bond acceptors (Lipinski definition) is 4. The Bertz CT molecular complexity index is 614. The van der Waals surface area contributed by atoms with Gasteiger partial charge in [0.1, 0.15) is 0 Å². The van der Waals surface area contributed by atoms with Crippen LogP contribution in [0.3, 0.4) is 0 Å². The molecule has 0 radical (unpaired) electrons. The molecular formula is C14H20N2O3S2. The van der Waals surface area contributed by atoms with Gasteiger partial charge in [0.15, 0.2) is 0 Å². The SMILES string of the molecule is CC1CN(S(=O)(=O)c2ccc(CC(N)=S)cc2)CCC1O. The summed E-state index contributed by atoms with van der Waals surface area (Å²) >= 11 is 4.84. The number of thiocarbonyl (C=S) groups is 1. The fraction of sp³-hybridized carbons (Fsp3) is 0.500. The number of benzene rings is 1. The minimum Gasteiger partial charge on any atom is -0.393 e. The third kappa shape index (κ3) is 3.79. The van der Waals surface area contributed by atoms with Gasteiger partial charge in [-0.2, -0.15) is 4.31 Å². The topological polar surface area (TPSA) is 83.6 Å². The Balaban J connectivity index is 2.18. The van der Waals surface area contributed by atoms with Gasteiger partial charge in [-0.3, -0.25) is 0 Å². The molecule has 1 aromatic carbocycles. The highest BCUT2D eigenvalue weighted by Gasteiger charge is 2.32. The smallest absolute Gasteiger partial charge is 0.243 e. The van der Waals surface area contributed by atoms with Crippen molar-refractivity contribution in [3.05, 3.63) is 29.8 Å². The minimum atomic E-state index is -3.51. The maximum atomic E-state index is 12.6. The summed E-state index contributed by atoms with van der Waals surface area (Å²) in [7, 11) is -3.51. The van der Waals surface area contributed by atoms with E-state index in [2.05, 4.69) is 0 Å². The second-order valence-corrected chi connectivity index (χ2v) is 7.95. The van der Waals surface area contributed by atoms with Gasteiger partial charge in [0, 0.05) is 19.5 Å². The monoisotopic (exact) mass is 328 g/mol. The highest BCUT2D eigenvalue weighted by Crippen LogP contribution is 2.24. The third-order valence-corrected chi connectivity index (χ3v) is 5.79. The van der Waals surface area contributed by atoms with Crippen molar-refractivity contribution in [1.29, 1.82) is 0 Å². The second kappa shape index (κ2) is 6.39. The number of aliphatic hydroxyl groups excluding tert-OH is 1. The lowest BCUT2D eigenvalue weighted by Crippen LogP contribution is -2.44. The van der Waals surface area contributed by atoms with Crippen LogP contribution in [0, 0.1) is 5.92 Å². The fourth-order valence-electron chi connectivity index (χ4n) is 2.44. The molecular weight excluding hydrogens is 308 g/mol. The first-order chi connectivity index (χ1) is 9.80. The van der Waals surface area contributed by atoms with Crippen LogP contribution >= 0.6 is 12.2 Å². The van der Waals surface area contributed by atoms with Crippen molar-refractivity contribution in [1.82, 2.24) is 4.31 Å². The number of hydrogen-bond donors (Lipinski definition) is 2. The van der Waals surface area contributed by atoms with Gasteiger partial charge in [-0.05, 0) is 30.0 Å². The minimum absolute atomic E-state index is 0.0533. The standard InChI is InChI=1S/C14H20N2O3S2/c1-10-9-16(7-6-13(10)17)21(18,19)12-4-2-11(3-5-12)8-14(15)20/h2-5,10,13,17H,6-9H2,1H3,(H2,15,20). The van der Waals surface area contributed by atoms with E-state index in [1.807, 2.05) is 6.92 Å². The van der Waals surface area contributed by atoms with Crippen molar-refractivity contribution in [3.8, 4) is 0 Å². The summed E-state index contributed by atoms with van der Waals surface area (Å²) in [6.07, 6.45) is 0.507. The molecule has 1 aromatic rings. The van der Waals surface area contributed by atoms with Gasteiger partial charge in [0.25, 0.3) is 0 Å². The van der Waals surface area contributed by atoms with E-state index in [4.69, 9.17) is 18.0 Å². The van der Waals surface area contributed by atoms with Crippen molar-refractivity contribution in [2.75, 3.05) is 13.1 Å². The van der Waals surface area contributed by atoms with Gasteiger partial charge >= 0.3 is 0 Å². The molecule has 0 aromatic heterocycles. The van der Waals surface area contributed by atoms with Crippen LogP contribution in [-0.2, 0) is 16.4 Å². The van der Waals surface area contributed by atoms with Crippen LogP contribution in [0.15, 0.2) is 29.2 Å². The summed E-state index contributed by atoms with van der Waals surface area (Å²) in [6, 6.07) is 6.62. The largest absolute Gasteiger partial charge is 0.393 e. The van der Waals surface area contributed by atoms with Crippen molar-refractivity contribution in [2.45, 2.75) is 30.8 Å². The number of piperidine rings is 1. The van der Waals surface area contributed by atoms with E-state index in [1.165, 1.54) is 4.31 Å². The van der Waals surface area contributed by atoms with Crippen molar-refractivity contribution < 1.29 is 13.5 Å². The van der Waals surface area contributed by atoms with Crippen LogP contribution < -0.4 is 5.73 Å². The molecule has 0 aliphatic carbocycles. The molecule has 0 bridgehead atoms. The number of nitrogens with two attached hydrogens (primary N) is 1. The molecule has 1 saturated heterocycles. The predicted molar refractivity (Wildman–Crippen MR) is 85.5 cm³/mol. The molecule has 21 heavy (non-hydrogen) atoms. The van der Waals surface area contributed by atoms with Crippen molar-refractivity contribution >= 4 is 27.2 Å². The first-order valence-electron chi connectivity index (χ1n) is 6.86. The van der Waals surface area contributed by atoms with Gasteiger partial charge in [-0.15, -0.1) is 0 Å². The molecule has 1 heterocycles. The molecule has 1 aliphatic heterocycles. The molecule has 2 atom stereocenters. The quantitative estimate of drug-likeness (QED) is 0.803. The van der Waals surface area contributed by atoms with E-state index in [1.54, 1.807) is 24.3 Å². The summed E-state index contributed by atoms with van der Waals surface area (Å²) in [4.78, 5) is 0.641. The van der Waals surface area contributed by atoms with Crippen LogP contribution in [0.4, 0.5) is 0 Å². The number of rotatable bonds is 4. The summed E-state index contributed by atoms with van der Waals surface area (Å²) in [5.41, 5.74) is 6.37. The number of nitrogens with zero attached hydrogens (tertiary/aromatic N) is 1. The summed E-state index contributed by atoms with van der Waals surface area (Å²) < 4.78 is 26.6. The molecule has 2 unspecified atom stereocenters. The lowest BCUT2D eigenvalue weighted by molar-refractivity contribution is 0.0628. The lowest BCUT2D eigenvalue weighted by Gasteiger charge is -2.33. The number of sulfonamides is 1. The van der Waals surface area contributed by atoms with Crippen LogP contribution in [-0.4, -0.2) is 42.0 Å². The van der Waals surface area contributed by atoms with E-state index in [0.29, 0.717) is 30.9 Å². The maximum Gasteiger partial charge on any atom is 0.243 e. The van der Waals surface area contributed by atoms with Crippen molar-refractivity contribution in [3.63, 3.8) is 0 Å². The molecule has 7 heteroatoms. The van der Waals surface area contributed by atoms with Crippen LogP contribution in [0.5, 0.6) is 0 Å². The van der Waals surface area contributed by atoms with Crippen LogP contribution in [0.2, 0.25) is 0 Å². The summed E-state index contributed by atoms with van der Waals surface area (Å²) in [5.74, 6) is -0.0533.